The number of ether oxygens (including phenoxy) is 1. The average molecular weight is 233 g/mol. The van der Waals surface area contributed by atoms with Gasteiger partial charge >= 0.3 is 0 Å². The minimum absolute atomic E-state index is 0.168. The van der Waals surface area contributed by atoms with Gasteiger partial charge in [-0.05, 0) is 0 Å². The van der Waals surface area contributed by atoms with Crippen molar-refractivity contribution in [3.63, 3.8) is 0 Å². The van der Waals surface area contributed by atoms with Gasteiger partial charge in [0.25, 0.3) is 0 Å². The van der Waals surface area contributed by atoms with E-state index >= 15 is 0 Å². The maximum atomic E-state index is 12.1. The molecule has 0 saturated carbocycles. The summed E-state index contributed by atoms with van der Waals surface area (Å²) in [5, 5.41) is 0. The van der Waals surface area contributed by atoms with E-state index in [1.165, 1.54) is 12.4 Å². The zero-order chi connectivity index (χ0) is 11.8. The minimum Gasteiger partial charge on any atom is -0.378 e. The summed E-state index contributed by atoms with van der Waals surface area (Å²) in [5.41, 5.74) is 0.945. The molecule has 0 spiro atoms. The molecule has 3 rings (SSSR count). The molecule has 0 bridgehead atoms. The second kappa shape index (κ2) is 3.81. The molecule has 0 unspecified atom stereocenters. The first-order valence-electron chi connectivity index (χ1n) is 5.44. The minimum atomic E-state index is -0.220. The molecule has 1 saturated heterocycles. The largest absolute Gasteiger partial charge is 0.378 e. The van der Waals surface area contributed by atoms with E-state index in [9.17, 15) is 9.59 Å². The Hall–Kier alpha value is -1.95. The fourth-order valence-corrected chi connectivity index (χ4v) is 2.08. The van der Waals surface area contributed by atoms with E-state index in [0.717, 1.165) is 0 Å². The average Bonchev–Trinajstić information content (AvgIpc) is 2.85. The van der Waals surface area contributed by atoms with Gasteiger partial charge in [-0.1, -0.05) is 0 Å². The molecule has 1 aromatic heterocycles. The lowest BCUT2D eigenvalue weighted by molar-refractivity contribution is 0.0500. The molecule has 1 N–H and O–H groups in total. The number of hydrogen-bond donors (Lipinski definition) is 1. The van der Waals surface area contributed by atoms with E-state index < -0.39 is 0 Å². The monoisotopic (exact) mass is 233 g/mol. The molecule has 0 atom stereocenters. The van der Waals surface area contributed by atoms with E-state index in [4.69, 9.17) is 4.74 Å². The summed E-state index contributed by atoms with van der Waals surface area (Å²) in [5.74, 6) is -0.388. The number of aromatic amines is 1. The van der Waals surface area contributed by atoms with Crippen molar-refractivity contribution in [2.45, 2.75) is 0 Å². The van der Waals surface area contributed by atoms with Gasteiger partial charge in [-0.3, -0.25) is 9.59 Å². The number of allylic oxidation sites excluding steroid dienone is 2. The third-order valence-electron chi connectivity index (χ3n) is 2.95. The molecule has 0 aromatic carbocycles. The highest BCUT2D eigenvalue weighted by atomic mass is 16.5. The van der Waals surface area contributed by atoms with Gasteiger partial charge in [-0.2, -0.15) is 0 Å². The van der Waals surface area contributed by atoms with Gasteiger partial charge < -0.3 is 14.6 Å². The lowest BCUT2D eigenvalue weighted by atomic mass is 10.0. The molecule has 1 aliphatic carbocycles. The summed E-state index contributed by atoms with van der Waals surface area (Å²) < 4.78 is 5.22. The number of ketones is 2. The van der Waals surface area contributed by atoms with Crippen molar-refractivity contribution < 1.29 is 14.3 Å². The van der Waals surface area contributed by atoms with Crippen LogP contribution in [0.15, 0.2) is 18.1 Å². The number of imidazole rings is 1. The van der Waals surface area contributed by atoms with E-state index in [0.29, 0.717) is 37.7 Å². The molecule has 6 nitrogen and oxygen atoms in total. The maximum absolute atomic E-state index is 12.1. The molecule has 88 valence electrons. The Bertz CT molecular complexity index is 512. The Kier molecular flexibility index (Phi) is 2.29. The molecule has 2 heterocycles. The maximum Gasteiger partial charge on any atom is 0.227 e. The fourth-order valence-electron chi connectivity index (χ4n) is 2.08. The number of H-pyrrole nitrogens is 1. The van der Waals surface area contributed by atoms with Crippen LogP contribution in [0.2, 0.25) is 0 Å². The molecule has 1 aromatic rings. The number of carbonyl (C=O) groups is 2. The van der Waals surface area contributed by atoms with E-state index in [1.54, 1.807) is 0 Å². The predicted molar refractivity (Wildman–Crippen MR) is 57.7 cm³/mol. The molecule has 2 aliphatic rings. The number of carbonyl (C=O) groups excluding carboxylic acids is 2. The number of nitrogens with zero attached hydrogens (tertiary/aromatic N) is 2. The number of fused-ring (bicyclic) bond motifs is 1. The van der Waals surface area contributed by atoms with Gasteiger partial charge in [-0.25, -0.2) is 4.98 Å². The molecule has 6 heteroatoms. The highest BCUT2D eigenvalue weighted by Crippen LogP contribution is 2.21. The third kappa shape index (κ3) is 1.57. The van der Waals surface area contributed by atoms with Crippen LogP contribution in [0, 0.1) is 0 Å². The SMILES string of the molecule is O=C1C=C(N2CCOCC2)C(=O)c2[nH]cnc21. The topological polar surface area (TPSA) is 75.3 Å². The van der Waals surface area contributed by atoms with E-state index in [2.05, 4.69) is 9.97 Å². The van der Waals surface area contributed by atoms with Crippen molar-refractivity contribution in [3.8, 4) is 0 Å². The predicted octanol–water partition coefficient (Wildman–Crippen LogP) is 0.00480. The van der Waals surface area contributed by atoms with Gasteiger partial charge in [0.05, 0.1) is 25.2 Å². The first-order chi connectivity index (χ1) is 8.27. The van der Waals surface area contributed by atoms with Gasteiger partial charge in [-0.15, -0.1) is 0 Å². The van der Waals surface area contributed by atoms with E-state index in [-0.39, 0.29) is 17.3 Å². The summed E-state index contributed by atoms with van der Waals surface area (Å²) in [6, 6.07) is 0. The Morgan fingerprint density at radius 2 is 2.06 bits per heavy atom. The molecular weight excluding hydrogens is 222 g/mol. The van der Waals surface area contributed by atoms with Crippen LogP contribution in [-0.2, 0) is 4.74 Å². The third-order valence-corrected chi connectivity index (χ3v) is 2.95. The zero-order valence-electron chi connectivity index (χ0n) is 9.10. The van der Waals surface area contributed by atoms with Crippen LogP contribution >= 0.6 is 0 Å². The lowest BCUT2D eigenvalue weighted by Crippen LogP contribution is -2.39. The van der Waals surface area contributed by atoms with Crippen molar-refractivity contribution in [1.82, 2.24) is 14.9 Å². The first-order valence-corrected chi connectivity index (χ1v) is 5.44. The summed E-state index contributed by atoms with van der Waals surface area (Å²) >= 11 is 0. The van der Waals surface area contributed by atoms with Crippen LogP contribution in [0.5, 0.6) is 0 Å². The zero-order valence-corrected chi connectivity index (χ0v) is 9.10. The van der Waals surface area contributed by atoms with Crippen LogP contribution in [-0.4, -0.2) is 52.7 Å². The number of hydrogen-bond acceptors (Lipinski definition) is 5. The quantitative estimate of drug-likeness (QED) is 0.739. The van der Waals surface area contributed by atoms with Gasteiger partial charge in [0.1, 0.15) is 11.4 Å². The summed E-state index contributed by atoms with van der Waals surface area (Å²) in [7, 11) is 0. The van der Waals surface area contributed by atoms with Crippen LogP contribution < -0.4 is 0 Å². The number of rotatable bonds is 1. The highest BCUT2D eigenvalue weighted by molar-refractivity contribution is 6.22. The fraction of sp³-hybridized carbons (Fsp3) is 0.364. The molecule has 17 heavy (non-hydrogen) atoms. The summed E-state index contributed by atoms with van der Waals surface area (Å²) in [6.45, 7) is 2.42. The van der Waals surface area contributed by atoms with Crippen molar-refractivity contribution in [2.75, 3.05) is 26.3 Å². The molecule has 1 aliphatic heterocycles. The van der Waals surface area contributed by atoms with Gasteiger partial charge in [0.15, 0.2) is 0 Å². The Balaban J connectivity index is 1.96. The Labute approximate surface area is 97.3 Å². The van der Waals surface area contributed by atoms with Crippen LogP contribution in [0.1, 0.15) is 21.0 Å². The van der Waals surface area contributed by atoms with Crippen molar-refractivity contribution in [3.05, 3.63) is 29.5 Å². The smallest absolute Gasteiger partial charge is 0.227 e. The summed E-state index contributed by atoms with van der Waals surface area (Å²) in [6.07, 6.45) is 2.74. The Morgan fingerprint density at radius 1 is 1.29 bits per heavy atom. The van der Waals surface area contributed by atoms with Gasteiger partial charge in [0, 0.05) is 19.2 Å². The number of nitrogens with one attached hydrogen (secondary N) is 1. The molecular formula is C11H11N3O3. The normalized spacial score (nSPS) is 20.2. The standard InChI is InChI=1S/C11H11N3O3/c15-8-5-7(14-1-3-17-4-2-14)11(16)10-9(8)12-6-13-10/h5-6H,1-4H2,(H,12,13). The number of Topliss-reactive ketones (excluding diaryl/α,β-unsaturated/α-hetero) is 1. The number of aromatic nitrogens is 2. The lowest BCUT2D eigenvalue weighted by Gasteiger charge is -2.30. The van der Waals surface area contributed by atoms with Crippen molar-refractivity contribution in [2.24, 2.45) is 0 Å². The molecule has 1 fully saturated rings. The molecule has 0 radical (unpaired) electrons. The molecule has 0 amide bonds. The van der Waals surface area contributed by atoms with Crippen LogP contribution in [0.3, 0.4) is 0 Å². The van der Waals surface area contributed by atoms with Crippen LogP contribution in [0.4, 0.5) is 0 Å². The highest BCUT2D eigenvalue weighted by Gasteiger charge is 2.31. The number of morpholine rings is 1. The van der Waals surface area contributed by atoms with Gasteiger partial charge in [0.2, 0.25) is 11.6 Å². The van der Waals surface area contributed by atoms with E-state index in [1.807, 2.05) is 4.90 Å². The second-order valence-electron chi connectivity index (χ2n) is 3.95. The van der Waals surface area contributed by atoms with Crippen LogP contribution in [0.25, 0.3) is 0 Å². The second-order valence-corrected chi connectivity index (χ2v) is 3.95. The van der Waals surface area contributed by atoms with Crippen molar-refractivity contribution >= 4 is 11.6 Å². The summed E-state index contributed by atoms with van der Waals surface area (Å²) in [4.78, 5) is 32.4. The Morgan fingerprint density at radius 3 is 2.82 bits per heavy atom. The van der Waals surface area contributed by atoms with Crippen molar-refractivity contribution in [1.29, 1.82) is 0 Å². The first kappa shape index (κ1) is 10.2.